The zero-order valence-electron chi connectivity index (χ0n) is 33.2. The molecule has 6 aliphatic rings. The van der Waals surface area contributed by atoms with Gasteiger partial charge in [0.25, 0.3) is 0 Å². The fourth-order valence-corrected chi connectivity index (χ4v) is 9.16. The lowest BCUT2D eigenvalue weighted by Gasteiger charge is -2.30. The first-order valence-electron chi connectivity index (χ1n) is 20.3. The van der Waals surface area contributed by atoms with Gasteiger partial charge >= 0.3 is 0 Å². The van der Waals surface area contributed by atoms with Crippen molar-refractivity contribution in [3.8, 4) is 0 Å². The van der Waals surface area contributed by atoms with Crippen LogP contribution in [0.5, 0.6) is 0 Å². The summed E-state index contributed by atoms with van der Waals surface area (Å²) in [5, 5.41) is 6.17. The van der Waals surface area contributed by atoms with Gasteiger partial charge in [0.2, 0.25) is 23.6 Å². The molecule has 0 aromatic carbocycles. The summed E-state index contributed by atoms with van der Waals surface area (Å²) in [6.45, 7) is 18.7. The number of likely N-dealkylation sites (tertiary alicyclic amines) is 4. The highest BCUT2D eigenvalue weighted by Gasteiger charge is 2.44. The van der Waals surface area contributed by atoms with E-state index in [4.69, 9.17) is 19.5 Å². The van der Waals surface area contributed by atoms with E-state index in [2.05, 4.69) is 62.0 Å². The molecule has 0 radical (unpaired) electrons. The van der Waals surface area contributed by atoms with Crippen molar-refractivity contribution >= 4 is 35.1 Å². The number of hydrogen-bond donors (Lipinski definition) is 2. The summed E-state index contributed by atoms with van der Waals surface area (Å²) in [7, 11) is 0. The number of carbonyl (C=O) groups excluding carboxylic acids is 4. The largest absolute Gasteiger partial charge is 0.377 e. The predicted octanol–water partition coefficient (Wildman–Crippen LogP) is 2.15. The highest BCUT2D eigenvalue weighted by atomic mass is 16.5. The van der Waals surface area contributed by atoms with Crippen LogP contribution in [0.1, 0.15) is 80.1 Å². The topological polar surface area (TPSA) is 148 Å². The molecule has 4 amide bonds. The van der Waals surface area contributed by atoms with E-state index in [-0.39, 0.29) is 59.9 Å². The van der Waals surface area contributed by atoms with Gasteiger partial charge in [-0.15, -0.1) is 0 Å². The summed E-state index contributed by atoms with van der Waals surface area (Å²) in [4.78, 5) is 68.5. The molecule has 6 aliphatic heterocycles. The maximum Gasteiger partial charge on any atom is 0.246 e. The van der Waals surface area contributed by atoms with Gasteiger partial charge < -0.3 is 39.7 Å². The summed E-state index contributed by atoms with van der Waals surface area (Å²) in [6, 6.07) is 0.221. The summed E-state index contributed by atoms with van der Waals surface area (Å²) in [5.41, 5.74) is 3.94. The Morgan fingerprint density at radius 2 is 1.07 bits per heavy atom. The number of rotatable bonds is 17. The number of carbonyl (C=O) groups is 4. The Hall–Kier alpha value is -3.78. The zero-order valence-corrected chi connectivity index (χ0v) is 33.2. The highest BCUT2D eigenvalue weighted by molar-refractivity contribution is 6.11. The molecule has 0 aliphatic carbocycles. The molecule has 14 nitrogen and oxygen atoms in total. The molecule has 0 unspecified atom stereocenters. The number of ether oxygens (including phenoxy) is 2. The van der Waals surface area contributed by atoms with E-state index in [9.17, 15) is 19.2 Å². The highest BCUT2D eigenvalue weighted by Crippen LogP contribution is 2.32. The van der Waals surface area contributed by atoms with Crippen molar-refractivity contribution in [2.45, 2.75) is 116 Å². The van der Waals surface area contributed by atoms with Crippen molar-refractivity contribution in [2.75, 3.05) is 65.7 Å². The van der Waals surface area contributed by atoms with Gasteiger partial charge in [-0.1, -0.05) is 27.7 Å². The molecule has 2 N–H and O–H groups in total. The van der Waals surface area contributed by atoms with Crippen molar-refractivity contribution in [3.05, 3.63) is 23.5 Å². The van der Waals surface area contributed by atoms with Crippen molar-refractivity contribution in [1.29, 1.82) is 0 Å². The molecular weight excluding hydrogens is 688 g/mol. The predicted molar refractivity (Wildman–Crippen MR) is 207 cm³/mol. The van der Waals surface area contributed by atoms with E-state index in [0.29, 0.717) is 64.2 Å². The zero-order chi connectivity index (χ0) is 38.5. The van der Waals surface area contributed by atoms with Crippen LogP contribution in [0.25, 0.3) is 0 Å². The Kier molecular flexibility index (Phi) is 13.1. The van der Waals surface area contributed by atoms with Crippen LogP contribution >= 0.6 is 0 Å². The van der Waals surface area contributed by atoms with Crippen molar-refractivity contribution in [3.63, 3.8) is 0 Å². The van der Waals surface area contributed by atoms with Crippen LogP contribution in [0.4, 0.5) is 0 Å². The second kappa shape index (κ2) is 17.8. The van der Waals surface area contributed by atoms with E-state index in [1.165, 1.54) is 0 Å². The van der Waals surface area contributed by atoms with Gasteiger partial charge in [-0.2, -0.15) is 0 Å². The quantitative estimate of drug-likeness (QED) is 0.215. The van der Waals surface area contributed by atoms with Crippen LogP contribution in [0.3, 0.4) is 0 Å². The minimum Gasteiger partial charge on any atom is -0.377 e. The van der Waals surface area contributed by atoms with Crippen LogP contribution in [0.2, 0.25) is 0 Å². The number of hydrogen-bond acceptors (Lipinski definition) is 10. The number of nitrogens with zero attached hydrogens (tertiary/aromatic N) is 6. The van der Waals surface area contributed by atoms with Crippen LogP contribution < -0.4 is 10.6 Å². The van der Waals surface area contributed by atoms with E-state index in [1.807, 2.05) is 9.80 Å². The van der Waals surface area contributed by atoms with E-state index in [0.717, 1.165) is 74.7 Å². The molecule has 6 atom stereocenters. The Labute approximate surface area is 320 Å². The van der Waals surface area contributed by atoms with Gasteiger partial charge in [0, 0.05) is 61.1 Å². The molecule has 0 saturated carbocycles. The Balaban J connectivity index is 0.855. The summed E-state index contributed by atoms with van der Waals surface area (Å²) in [5.74, 6) is 1.15. The minimum absolute atomic E-state index is 0.0259. The Bertz CT molecular complexity index is 1430. The second-order valence-electron chi connectivity index (χ2n) is 16.6. The summed E-state index contributed by atoms with van der Waals surface area (Å²) < 4.78 is 11.5. The molecule has 0 aromatic heterocycles. The van der Waals surface area contributed by atoms with E-state index < -0.39 is 0 Å². The summed E-state index contributed by atoms with van der Waals surface area (Å²) >= 11 is 0. The van der Waals surface area contributed by atoms with Gasteiger partial charge in [0.15, 0.2) is 0 Å². The first-order valence-corrected chi connectivity index (χ1v) is 20.3. The lowest BCUT2D eigenvalue weighted by molar-refractivity contribution is -0.131. The van der Waals surface area contributed by atoms with E-state index >= 15 is 0 Å². The molecule has 298 valence electrons. The number of amides is 4. The van der Waals surface area contributed by atoms with Crippen LogP contribution in [0.15, 0.2) is 33.5 Å². The fraction of sp³-hybridized carbons (Fsp3) is 0.750. The van der Waals surface area contributed by atoms with E-state index in [1.54, 1.807) is 12.2 Å². The van der Waals surface area contributed by atoms with Crippen LogP contribution in [-0.2, 0) is 28.7 Å². The average Bonchev–Trinajstić information content (AvgIpc) is 3.96. The Morgan fingerprint density at radius 1 is 0.667 bits per heavy atom. The van der Waals surface area contributed by atoms with Gasteiger partial charge in [0.1, 0.15) is 0 Å². The van der Waals surface area contributed by atoms with Gasteiger partial charge in [-0.25, -0.2) is 0 Å². The second-order valence-corrected chi connectivity index (χ2v) is 16.6. The molecular formula is C40H62N8O6. The smallest absolute Gasteiger partial charge is 0.246 e. The third-order valence-electron chi connectivity index (χ3n) is 11.7. The third kappa shape index (κ3) is 9.35. The normalized spacial score (nSPS) is 30.4. The number of nitrogens with one attached hydrogen (secondary N) is 2. The van der Waals surface area contributed by atoms with Crippen LogP contribution in [0, 0.1) is 11.8 Å². The van der Waals surface area contributed by atoms with Crippen molar-refractivity contribution < 1.29 is 28.7 Å². The van der Waals surface area contributed by atoms with Crippen LogP contribution in [-0.4, -0.2) is 157 Å². The minimum atomic E-state index is -0.0459. The standard InChI is InChI=1S/C40H62N8O6/c1-25(2)17-33-35(21-37(49)43-33)45-11-7-29(23-45)47-27(5)31(19-39(47)51)41-9-13-53-15-16-54-14-10-42-32-20-40(52)48(28(32)6)30-8-12-46(24-30)36-22-38(50)44-34(36)18-26(3)4/h21-22,25-30,33-34H,7-20,23-24H2,1-6H3,(H,43,49)(H,44,50)/t27-,28-,29-,30-,33-,34-/m0/s1. The molecule has 6 heterocycles. The van der Waals surface area contributed by atoms with Crippen molar-refractivity contribution in [2.24, 2.45) is 21.8 Å². The van der Waals surface area contributed by atoms with Gasteiger partial charge in [0.05, 0.1) is 88.6 Å². The molecule has 6 rings (SSSR count). The van der Waals surface area contributed by atoms with Gasteiger partial charge in [-0.05, 0) is 51.4 Å². The lowest BCUT2D eigenvalue weighted by atomic mass is 10.0. The Morgan fingerprint density at radius 3 is 1.46 bits per heavy atom. The third-order valence-corrected chi connectivity index (χ3v) is 11.7. The van der Waals surface area contributed by atoms with Gasteiger partial charge in [-0.3, -0.25) is 29.2 Å². The summed E-state index contributed by atoms with van der Waals surface area (Å²) in [6.07, 6.45) is 7.74. The molecule has 4 fully saturated rings. The molecule has 0 spiro atoms. The first kappa shape index (κ1) is 39.9. The fourth-order valence-electron chi connectivity index (χ4n) is 9.16. The molecule has 0 bridgehead atoms. The lowest BCUT2D eigenvalue weighted by Crippen LogP contribution is -2.44. The van der Waals surface area contributed by atoms with Crippen molar-refractivity contribution in [1.82, 2.24) is 30.2 Å². The maximum atomic E-state index is 13.1. The first-order chi connectivity index (χ1) is 25.9. The molecule has 54 heavy (non-hydrogen) atoms. The number of aliphatic imine (C=N–C) groups is 2. The maximum absolute atomic E-state index is 13.1. The molecule has 14 heteroatoms. The molecule has 0 aromatic rings. The SMILES string of the molecule is CC(C)C[C@@H]1NC(=O)C=C1N1CC[C@H](N2C(=O)CC(=NCCOCCOCCN=C3CC(=O)N([C@H]4CCN(C5=CC(=O)N[C@H]5CC(C)C)C4)[C@H]3C)[C@@H]2C)C1. The monoisotopic (exact) mass is 750 g/mol. The average molecular weight is 751 g/mol. The molecule has 4 saturated heterocycles.